The lowest BCUT2D eigenvalue weighted by molar-refractivity contribution is 0.233. The number of hydrogen-bond acceptors (Lipinski definition) is 3. The Morgan fingerprint density at radius 1 is 1.00 bits per heavy atom. The first-order valence-electron chi connectivity index (χ1n) is 8.46. The molecule has 1 aromatic rings. The molecule has 0 aromatic carbocycles. The lowest BCUT2D eigenvalue weighted by atomic mass is 9.83. The molecule has 1 fully saturated rings. The maximum absolute atomic E-state index is 5.07. The van der Waals surface area contributed by atoms with Gasteiger partial charge in [-0.05, 0) is 46.0 Å². The smallest absolute Gasteiger partial charge is 0.113 e. The van der Waals surface area contributed by atoms with Gasteiger partial charge in [0.25, 0.3) is 0 Å². The van der Waals surface area contributed by atoms with Gasteiger partial charge in [-0.3, -0.25) is 0 Å². The van der Waals surface area contributed by atoms with E-state index in [4.69, 9.17) is 4.98 Å². The second kappa shape index (κ2) is 6.15. The summed E-state index contributed by atoms with van der Waals surface area (Å²) in [6.07, 6.45) is 13.3. The van der Waals surface area contributed by atoms with Gasteiger partial charge in [0.2, 0.25) is 0 Å². The summed E-state index contributed by atoms with van der Waals surface area (Å²) >= 11 is 2.01. The van der Waals surface area contributed by atoms with E-state index in [0.29, 0.717) is 6.04 Å². The Labute approximate surface area is 127 Å². The molecule has 3 heteroatoms. The highest BCUT2D eigenvalue weighted by atomic mass is 32.1. The minimum Gasteiger partial charge on any atom is -0.303 e. The van der Waals surface area contributed by atoms with Crippen LogP contribution in [0.5, 0.6) is 0 Å². The molecule has 1 heterocycles. The molecule has 0 radical (unpaired) electrons. The van der Waals surface area contributed by atoms with Crippen molar-refractivity contribution in [3.8, 4) is 0 Å². The van der Waals surface area contributed by atoms with E-state index >= 15 is 0 Å². The molecular weight excluding hydrogens is 264 g/mol. The molecule has 0 spiro atoms. The highest BCUT2D eigenvalue weighted by Gasteiger charge is 2.36. The SMILES string of the molecule is CC(C)NC1(c2nc3c(s2)CCC3)CCCCCCC1. The predicted molar refractivity (Wildman–Crippen MR) is 86.4 cm³/mol. The van der Waals surface area contributed by atoms with Crippen LogP contribution in [0.25, 0.3) is 0 Å². The summed E-state index contributed by atoms with van der Waals surface area (Å²) in [5.41, 5.74) is 1.58. The summed E-state index contributed by atoms with van der Waals surface area (Å²) in [6, 6.07) is 0.535. The Balaban J connectivity index is 1.90. The van der Waals surface area contributed by atoms with E-state index in [1.165, 1.54) is 74.9 Å². The third kappa shape index (κ3) is 2.94. The molecule has 1 N–H and O–H groups in total. The number of nitrogens with one attached hydrogen (secondary N) is 1. The Bertz CT molecular complexity index is 420. The Kier molecular flexibility index (Phi) is 4.46. The largest absolute Gasteiger partial charge is 0.303 e. The predicted octanol–water partition coefficient (Wildman–Crippen LogP) is 4.57. The summed E-state index contributed by atoms with van der Waals surface area (Å²) in [6.45, 7) is 4.56. The lowest BCUT2D eigenvalue weighted by Gasteiger charge is -2.36. The molecule has 0 bridgehead atoms. The van der Waals surface area contributed by atoms with Crippen molar-refractivity contribution in [1.82, 2.24) is 10.3 Å². The fourth-order valence-electron chi connectivity index (χ4n) is 3.88. The van der Waals surface area contributed by atoms with E-state index in [0.717, 1.165) is 0 Å². The third-order valence-electron chi connectivity index (χ3n) is 4.78. The number of aryl methyl sites for hydroxylation is 2. The third-order valence-corrected chi connectivity index (χ3v) is 6.14. The number of thiazole rings is 1. The number of nitrogens with zero attached hydrogens (tertiary/aromatic N) is 1. The summed E-state index contributed by atoms with van der Waals surface area (Å²) in [4.78, 5) is 6.64. The molecule has 1 aromatic heterocycles. The molecule has 2 aliphatic carbocycles. The molecule has 0 saturated heterocycles. The second-order valence-electron chi connectivity index (χ2n) is 6.89. The molecule has 0 amide bonds. The van der Waals surface area contributed by atoms with E-state index in [2.05, 4.69) is 19.2 Å². The van der Waals surface area contributed by atoms with Crippen LogP contribution in [0.2, 0.25) is 0 Å². The minimum atomic E-state index is 0.170. The average molecular weight is 292 g/mol. The zero-order valence-electron chi connectivity index (χ0n) is 13.0. The van der Waals surface area contributed by atoms with Gasteiger partial charge in [0, 0.05) is 10.9 Å². The second-order valence-corrected chi connectivity index (χ2v) is 7.97. The van der Waals surface area contributed by atoms with Gasteiger partial charge >= 0.3 is 0 Å². The molecule has 0 aliphatic heterocycles. The van der Waals surface area contributed by atoms with E-state index < -0.39 is 0 Å². The monoisotopic (exact) mass is 292 g/mol. The first-order chi connectivity index (χ1) is 9.70. The quantitative estimate of drug-likeness (QED) is 0.882. The van der Waals surface area contributed by atoms with Crippen LogP contribution >= 0.6 is 11.3 Å². The highest BCUT2D eigenvalue weighted by molar-refractivity contribution is 7.12. The van der Waals surface area contributed by atoms with Gasteiger partial charge in [-0.1, -0.05) is 32.1 Å². The van der Waals surface area contributed by atoms with Crippen molar-refractivity contribution in [2.75, 3.05) is 0 Å². The summed E-state index contributed by atoms with van der Waals surface area (Å²) in [5.74, 6) is 0. The first kappa shape index (κ1) is 14.5. The summed E-state index contributed by atoms with van der Waals surface area (Å²) in [7, 11) is 0. The van der Waals surface area contributed by atoms with Gasteiger partial charge in [-0.2, -0.15) is 0 Å². The number of rotatable bonds is 3. The zero-order valence-corrected chi connectivity index (χ0v) is 13.8. The first-order valence-corrected chi connectivity index (χ1v) is 9.28. The topological polar surface area (TPSA) is 24.9 Å². The normalized spacial score (nSPS) is 22.6. The van der Waals surface area contributed by atoms with Crippen molar-refractivity contribution in [2.24, 2.45) is 0 Å². The molecule has 2 nitrogen and oxygen atoms in total. The van der Waals surface area contributed by atoms with Crippen molar-refractivity contribution >= 4 is 11.3 Å². The zero-order chi connectivity index (χ0) is 14.0. The maximum atomic E-state index is 5.07. The van der Waals surface area contributed by atoms with Crippen molar-refractivity contribution in [1.29, 1.82) is 0 Å². The van der Waals surface area contributed by atoms with Crippen molar-refractivity contribution in [3.63, 3.8) is 0 Å². The molecule has 3 rings (SSSR count). The van der Waals surface area contributed by atoms with Crippen LogP contribution in [0.1, 0.15) is 80.8 Å². The van der Waals surface area contributed by atoms with Gasteiger partial charge in [0.05, 0.1) is 11.2 Å². The Morgan fingerprint density at radius 3 is 2.35 bits per heavy atom. The van der Waals surface area contributed by atoms with Crippen LogP contribution in [-0.2, 0) is 18.4 Å². The van der Waals surface area contributed by atoms with Crippen molar-refractivity contribution in [2.45, 2.75) is 89.6 Å². The number of aromatic nitrogens is 1. The van der Waals surface area contributed by atoms with Gasteiger partial charge in [-0.25, -0.2) is 4.98 Å². The van der Waals surface area contributed by atoms with Crippen LogP contribution in [0, 0.1) is 0 Å². The average Bonchev–Trinajstić information content (AvgIpc) is 2.92. The van der Waals surface area contributed by atoms with E-state index in [1.54, 1.807) is 4.88 Å². The highest BCUT2D eigenvalue weighted by Crippen LogP contribution is 2.40. The van der Waals surface area contributed by atoms with Gasteiger partial charge < -0.3 is 5.32 Å². The van der Waals surface area contributed by atoms with Crippen molar-refractivity contribution in [3.05, 3.63) is 15.6 Å². The maximum Gasteiger partial charge on any atom is 0.113 e. The molecule has 20 heavy (non-hydrogen) atoms. The fraction of sp³-hybridized carbons (Fsp3) is 0.824. The van der Waals surface area contributed by atoms with Crippen LogP contribution in [-0.4, -0.2) is 11.0 Å². The minimum absolute atomic E-state index is 0.170. The Morgan fingerprint density at radius 2 is 1.70 bits per heavy atom. The van der Waals surface area contributed by atoms with Gasteiger partial charge in [0.1, 0.15) is 5.01 Å². The number of fused-ring (bicyclic) bond motifs is 1. The van der Waals surface area contributed by atoms with E-state index in [1.807, 2.05) is 11.3 Å². The molecule has 1 saturated carbocycles. The van der Waals surface area contributed by atoms with Crippen LogP contribution in [0.3, 0.4) is 0 Å². The molecule has 2 aliphatic rings. The molecule has 112 valence electrons. The van der Waals surface area contributed by atoms with Crippen LogP contribution in [0.4, 0.5) is 0 Å². The molecule has 0 atom stereocenters. The van der Waals surface area contributed by atoms with Crippen LogP contribution < -0.4 is 5.32 Å². The Hall–Kier alpha value is -0.410. The summed E-state index contributed by atoms with van der Waals surface area (Å²) < 4.78 is 0. The fourth-order valence-corrected chi connectivity index (χ4v) is 5.24. The standard InChI is InChI=1S/C17H28N2S/c1-13(2)19-17(11-6-4-3-5-7-12-17)16-18-14-9-8-10-15(14)20-16/h13,19H,3-12H2,1-2H3. The van der Waals surface area contributed by atoms with E-state index in [9.17, 15) is 0 Å². The van der Waals surface area contributed by atoms with E-state index in [-0.39, 0.29) is 5.54 Å². The lowest BCUT2D eigenvalue weighted by Crippen LogP contribution is -2.46. The van der Waals surface area contributed by atoms with Gasteiger partial charge in [-0.15, -0.1) is 11.3 Å². The number of hydrogen-bond donors (Lipinski definition) is 1. The van der Waals surface area contributed by atoms with Gasteiger partial charge in [0.15, 0.2) is 0 Å². The molecular formula is C17H28N2S. The van der Waals surface area contributed by atoms with Crippen LogP contribution in [0.15, 0.2) is 0 Å². The van der Waals surface area contributed by atoms with Crippen molar-refractivity contribution < 1.29 is 0 Å². The molecule has 0 unspecified atom stereocenters. The summed E-state index contributed by atoms with van der Waals surface area (Å²) in [5, 5.41) is 5.32.